The van der Waals surface area contributed by atoms with Gasteiger partial charge < -0.3 is 0 Å². The van der Waals surface area contributed by atoms with E-state index in [0.29, 0.717) is 24.3 Å². The number of amides is 1. The van der Waals surface area contributed by atoms with Gasteiger partial charge in [-0.2, -0.15) is 0 Å². The number of aromatic nitrogens is 1. The Morgan fingerprint density at radius 2 is 2.07 bits per heavy atom. The van der Waals surface area contributed by atoms with Crippen LogP contribution in [0.3, 0.4) is 0 Å². The van der Waals surface area contributed by atoms with Gasteiger partial charge in [0.1, 0.15) is 0 Å². The first-order valence-electron chi connectivity index (χ1n) is 9.90. The molecule has 2 aromatic rings. The zero-order valence-corrected chi connectivity index (χ0v) is 18.2. The van der Waals surface area contributed by atoms with Crippen LogP contribution in [0.15, 0.2) is 30.9 Å². The molecule has 8 heteroatoms. The van der Waals surface area contributed by atoms with Crippen molar-refractivity contribution in [3.63, 3.8) is 0 Å². The highest BCUT2D eigenvalue weighted by molar-refractivity contribution is 7.92. The summed E-state index contributed by atoms with van der Waals surface area (Å²) < 4.78 is 25.6. The van der Waals surface area contributed by atoms with Crippen LogP contribution in [-0.4, -0.2) is 38.7 Å². The number of hydrogen-bond acceptors (Lipinski definition) is 5. The van der Waals surface area contributed by atoms with Gasteiger partial charge in [-0.3, -0.25) is 14.0 Å². The number of sulfonamides is 1. The van der Waals surface area contributed by atoms with Gasteiger partial charge in [-0.05, 0) is 62.3 Å². The van der Waals surface area contributed by atoms with Crippen molar-refractivity contribution in [2.75, 3.05) is 28.6 Å². The van der Waals surface area contributed by atoms with Crippen molar-refractivity contribution in [2.24, 2.45) is 0 Å². The van der Waals surface area contributed by atoms with Crippen LogP contribution in [0.1, 0.15) is 45.8 Å². The van der Waals surface area contributed by atoms with Crippen LogP contribution in [-0.2, 0) is 29.3 Å². The second-order valence-electron chi connectivity index (χ2n) is 7.56. The fraction of sp³-hybridized carbons (Fsp3) is 0.429. The highest BCUT2D eigenvalue weighted by Gasteiger charge is 2.27. The lowest BCUT2D eigenvalue weighted by Gasteiger charge is -2.29. The molecule has 0 N–H and O–H groups in total. The molecule has 4 rings (SSSR count). The van der Waals surface area contributed by atoms with Crippen molar-refractivity contribution < 1.29 is 13.2 Å². The number of aryl methyl sites for hydroxylation is 3. The van der Waals surface area contributed by atoms with Crippen molar-refractivity contribution in [1.82, 2.24) is 4.98 Å². The minimum Gasteiger partial charge on any atom is -0.280 e. The number of benzene rings is 1. The highest BCUT2D eigenvalue weighted by atomic mass is 32.2. The summed E-state index contributed by atoms with van der Waals surface area (Å²) in [5, 5.41) is 0.720. The summed E-state index contributed by atoms with van der Waals surface area (Å²) in [4.78, 5) is 21.0. The van der Waals surface area contributed by atoms with E-state index in [4.69, 9.17) is 4.98 Å². The molecule has 0 saturated carbocycles. The van der Waals surface area contributed by atoms with E-state index in [1.165, 1.54) is 21.9 Å². The average molecular weight is 432 g/mol. The Hall–Kier alpha value is -2.19. The molecule has 6 nitrogen and oxygen atoms in total. The van der Waals surface area contributed by atoms with Crippen LogP contribution in [0.4, 0.5) is 10.8 Å². The number of fused-ring (bicyclic) bond motifs is 2. The number of hydrogen-bond donors (Lipinski definition) is 0. The van der Waals surface area contributed by atoms with Crippen molar-refractivity contribution in [3.05, 3.63) is 52.6 Å². The Morgan fingerprint density at radius 3 is 2.79 bits per heavy atom. The molecule has 0 fully saturated rings. The number of anilines is 2. The Labute approximate surface area is 175 Å². The zero-order chi connectivity index (χ0) is 20.6. The number of thiazole rings is 1. The maximum atomic E-state index is 13.3. The average Bonchev–Trinajstić information content (AvgIpc) is 3.13. The third-order valence-corrected chi connectivity index (χ3v) is 7.79. The molecular weight excluding hydrogens is 406 g/mol. The molecule has 1 aromatic carbocycles. The maximum absolute atomic E-state index is 13.3. The molecule has 2 aliphatic rings. The maximum Gasteiger partial charge on any atom is 0.260 e. The molecule has 0 bridgehead atoms. The molecule has 154 valence electrons. The molecular formula is C21H25N3O3S2. The predicted molar refractivity (Wildman–Crippen MR) is 118 cm³/mol. The summed E-state index contributed by atoms with van der Waals surface area (Å²) >= 11 is 1.60. The SMILES string of the molecule is C=CCN(C(=O)c1ccc2c(c1)CCCN2S(C)(=O)=O)c1nc2c(s1)CCCC2. The third kappa shape index (κ3) is 3.96. The lowest BCUT2D eigenvalue weighted by Crippen LogP contribution is -2.35. The van der Waals surface area contributed by atoms with Gasteiger partial charge in [-0.15, -0.1) is 17.9 Å². The second kappa shape index (κ2) is 7.91. The normalized spacial score (nSPS) is 16.1. The Morgan fingerprint density at radius 1 is 1.28 bits per heavy atom. The Kier molecular flexibility index (Phi) is 5.48. The molecule has 0 radical (unpaired) electrons. The molecule has 1 aliphatic heterocycles. The summed E-state index contributed by atoms with van der Waals surface area (Å²) in [5.74, 6) is -0.129. The van der Waals surface area contributed by atoms with Crippen LogP contribution in [0.25, 0.3) is 0 Å². The van der Waals surface area contributed by atoms with Crippen molar-refractivity contribution in [2.45, 2.75) is 38.5 Å². The molecule has 1 amide bonds. The number of rotatable bonds is 5. The quantitative estimate of drug-likeness (QED) is 0.679. The van der Waals surface area contributed by atoms with Crippen molar-refractivity contribution >= 4 is 38.1 Å². The first-order chi connectivity index (χ1) is 13.9. The van der Waals surface area contributed by atoms with E-state index in [-0.39, 0.29) is 5.91 Å². The van der Waals surface area contributed by atoms with Crippen LogP contribution < -0.4 is 9.21 Å². The first-order valence-corrected chi connectivity index (χ1v) is 12.6. The predicted octanol–water partition coefficient (Wildman–Crippen LogP) is 3.57. The van der Waals surface area contributed by atoms with E-state index >= 15 is 0 Å². The molecule has 0 unspecified atom stereocenters. The van der Waals surface area contributed by atoms with Gasteiger partial charge in [0, 0.05) is 23.5 Å². The molecule has 0 spiro atoms. The van der Waals surface area contributed by atoms with Crippen LogP contribution in [0.5, 0.6) is 0 Å². The fourth-order valence-electron chi connectivity index (χ4n) is 4.03. The van der Waals surface area contributed by atoms with Crippen molar-refractivity contribution in [3.8, 4) is 0 Å². The molecule has 29 heavy (non-hydrogen) atoms. The molecule has 1 aliphatic carbocycles. The molecule has 1 aromatic heterocycles. The minimum atomic E-state index is -3.33. The van der Waals surface area contributed by atoms with Crippen LogP contribution in [0.2, 0.25) is 0 Å². The number of nitrogens with zero attached hydrogens (tertiary/aromatic N) is 3. The fourth-order valence-corrected chi connectivity index (χ4v) is 6.18. The third-order valence-electron chi connectivity index (χ3n) is 5.42. The number of carbonyl (C=O) groups excluding carboxylic acids is 1. The Bertz CT molecular complexity index is 1040. The van der Waals surface area contributed by atoms with Crippen LogP contribution >= 0.6 is 11.3 Å². The topological polar surface area (TPSA) is 70.6 Å². The van der Waals surface area contributed by atoms with Gasteiger partial charge in [0.05, 0.1) is 17.6 Å². The summed E-state index contributed by atoms with van der Waals surface area (Å²) in [5.41, 5.74) is 3.24. The summed E-state index contributed by atoms with van der Waals surface area (Å²) in [6, 6.07) is 5.30. The van der Waals surface area contributed by atoms with Gasteiger partial charge in [-0.25, -0.2) is 13.4 Å². The lowest BCUT2D eigenvalue weighted by molar-refractivity contribution is 0.0989. The Balaban J connectivity index is 1.67. The van der Waals surface area contributed by atoms with E-state index in [9.17, 15) is 13.2 Å². The molecule has 2 heterocycles. The van der Waals surface area contributed by atoms with E-state index in [2.05, 4.69) is 6.58 Å². The highest BCUT2D eigenvalue weighted by Crippen LogP contribution is 2.34. The molecule has 0 atom stereocenters. The number of carbonyl (C=O) groups is 1. The second-order valence-corrected chi connectivity index (χ2v) is 10.5. The lowest BCUT2D eigenvalue weighted by atomic mass is 10.0. The molecule has 0 saturated heterocycles. The minimum absolute atomic E-state index is 0.129. The van der Waals surface area contributed by atoms with Gasteiger partial charge in [0.25, 0.3) is 5.91 Å². The summed E-state index contributed by atoms with van der Waals surface area (Å²) in [6.07, 6.45) is 8.76. The van der Waals surface area contributed by atoms with Gasteiger partial charge in [0.15, 0.2) is 5.13 Å². The van der Waals surface area contributed by atoms with E-state index in [0.717, 1.165) is 48.5 Å². The standard InChI is InChI=1S/C21H25N3O3S2/c1-3-12-23(21-22-17-8-4-5-9-19(17)28-21)20(25)16-10-11-18-15(14-16)7-6-13-24(18)29(2,26)27/h3,10-11,14H,1,4-9,12-13H2,2H3. The largest absolute Gasteiger partial charge is 0.280 e. The first kappa shape index (κ1) is 20.1. The monoisotopic (exact) mass is 431 g/mol. The van der Waals surface area contributed by atoms with Gasteiger partial charge in [-0.1, -0.05) is 6.08 Å². The van der Waals surface area contributed by atoms with E-state index in [1.54, 1.807) is 34.4 Å². The summed E-state index contributed by atoms with van der Waals surface area (Å²) in [6.45, 7) is 4.67. The van der Waals surface area contributed by atoms with E-state index in [1.807, 2.05) is 6.07 Å². The van der Waals surface area contributed by atoms with Crippen LogP contribution in [0, 0.1) is 0 Å². The smallest absolute Gasteiger partial charge is 0.260 e. The van der Waals surface area contributed by atoms with Gasteiger partial charge >= 0.3 is 0 Å². The van der Waals surface area contributed by atoms with Gasteiger partial charge in [0.2, 0.25) is 10.0 Å². The summed E-state index contributed by atoms with van der Waals surface area (Å²) in [7, 11) is -3.33. The zero-order valence-electron chi connectivity index (χ0n) is 16.6. The van der Waals surface area contributed by atoms with E-state index < -0.39 is 10.0 Å². The van der Waals surface area contributed by atoms with Crippen molar-refractivity contribution in [1.29, 1.82) is 0 Å².